The quantitative estimate of drug-likeness (QED) is 0.876. The van der Waals surface area contributed by atoms with Crippen molar-refractivity contribution in [1.29, 1.82) is 0 Å². The molecule has 0 aliphatic carbocycles. The maximum atomic E-state index is 14.2. The molecule has 1 heterocycles. The van der Waals surface area contributed by atoms with E-state index in [1.807, 2.05) is 18.2 Å². The maximum Gasteiger partial charge on any atom is 0.132 e. The molecule has 3 rings (SSSR count). The zero-order valence-electron chi connectivity index (χ0n) is 12.4. The average Bonchev–Trinajstić information content (AvgIpc) is 2.69. The largest absolute Gasteiger partial charge is 0.382 e. The highest BCUT2D eigenvalue weighted by molar-refractivity contribution is 6.16. The fourth-order valence-corrected chi connectivity index (χ4v) is 2.76. The molecule has 1 N–H and O–H groups in total. The molecule has 0 bridgehead atoms. The van der Waals surface area contributed by atoms with E-state index in [9.17, 15) is 4.39 Å². The van der Waals surface area contributed by atoms with Crippen molar-refractivity contribution in [3.05, 3.63) is 65.0 Å². The zero-order chi connectivity index (χ0) is 14.8. The van der Waals surface area contributed by atoms with Gasteiger partial charge in [-0.15, -0.1) is 0 Å². The van der Waals surface area contributed by atoms with Crippen LogP contribution in [-0.2, 0) is 0 Å². The minimum absolute atomic E-state index is 0.223. The van der Waals surface area contributed by atoms with Crippen molar-refractivity contribution in [3.63, 3.8) is 0 Å². The first-order chi connectivity index (χ1) is 10.2. The minimum Gasteiger partial charge on any atom is -0.382 e. The number of rotatable bonds is 2. The molecule has 21 heavy (non-hydrogen) atoms. The summed E-state index contributed by atoms with van der Waals surface area (Å²) in [5, 5.41) is 3.46. The van der Waals surface area contributed by atoms with Crippen LogP contribution in [0, 0.1) is 5.82 Å². The number of nitrogens with one attached hydrogen (secondary N) is 1. The van der Waals surface area contributed by atoms with Crippen LogP contribution in [0.3, 0.4) is 0 Å². The molecule has 1 aliphatic heterocycles. The topological polar surface area (TPSA) is 24.4 Å². The third-order valence-electron chi connectivity index (χ3n) is 3.79. The molecular formula is C18H19FN2. The summed E-state index contributed by atoms with van der Waals surface area (Å²) in [7, 11) is 0. The summed E-state index contributed by atoms with van der Waals surface area (Å²) >= 11 is 0. The van der Waals surface area contributed by atoms with Gasteiger partial charge in [0.15, 0.2) is 0 Å². The highest BCUT2D eigenvalue weighted by Gasteiger charge is 2.20. The standard InChI is InChI=1S/C18H19FN2/c1-12(2)13-7-5-8-15-17(13)20-10-11-21-18(15)14-6-3-4-9-16(14)19/h3-9,12,20H,10-11H2,1-2H3. The van der Waals surface area contributed by atoms with Crippen LogP contribution in [0.2, 0.25) is 0 Å². The molecule has 0 aromatic heterocycles. The van der Waals surface area contributed by atoms with Crippen molar-refractivity contribution in [2.45, 2.75) is 19.8 Å². The van der Waals surface area contributed by atoms with Crippen molar-refractivity contribution in [2.75, 3.05) is 18.4 Å². The predicted molar refractivity (Wildman–Crippen MR) is 85.9 cm³/mol. The van der Waals surface area contributed by atoms with E-state index >= 15 is 0 Å². The first-order valence-electron chi connectivity index (χ1n) is 7.35. The van der Waals surface area contributed by atoms with Crippen LogP contribution < -0.4 is 5.32 Å². The first-order valence-corrected chi connectivity index (χ1v) is 7.35. The van der Waals surface area contributed by atoms with E-state index in [4.69, 9.17) is 0 Å². The summed E-state index contributed by atoms with van der Waals surface area (Å²) in [4.78, 5) is 4.61. The molecule has 0 saturated heterocycles. The fraction of sp³-hybridized carbons (Fsp3) is 0.278. The SMILES string of the molecule is CC(C)c1cccc2c1NCCN=C2c1ccccc1F. The first kappa shape index (κ1) is 13.8. The zero-order valence-corrected chi connectivity index (χ0v) is 12.4. The van der Waals surface area contributed by atoms with E-state index < -0.39 is 0 Å². The number of nitrogens with zero attached hydrogens (tertiary/aromatic N) is 1. The lowest BCUT2D eigenvalue weighted by atomic mass is 9.93. The molecule has 3 heteroatoms. The number of fused-ring (bicyclic) bond motifs is 1. The summed E-state index contributed by atoms with van der Waals surface area (Å²) in [6, 6.07) is 13.0. The Kier molecular flexibility index (Phi) is 3.74. The molecule has 0 fully saturated rings. The average molecular weight is 282 g/mol. The Morgan fingerprint density at radius 2 is 1.81 bits per heavy atom. The van der Waals surface area contributed by atoms with Crippen LogP contribution in [0.25, 0.3) is 0 Å². The number of benzodiazepines with no additional fused rings is 1. The van der Waals surface area contributed by atoms with E-state index in [0.29, 0.717) is 18.0 Å². The number of halogens is 1. The summed E-state index contributed by atoms with van der Waals surface area (Å²) in [5.41, 5.74) is 4.65. The fourth-order valence-electron chi connectivity index (χ4n) is 2.76. The lowest BCUT2D eigenvalue weighted by molar-refractivity contribution is 0.625. The van der Waals surface area contributed by atoms with Gasteiger partial charge in [-0.3, -0.25) is 4.99 Å². The van der Waals surface area contributed by atoms with Crippen LogP contribution >= 0.6 is 0 Å². The van der Waals surface area contributed by atoms with Gasteiger partial charge < -0.3 is 5.32 Å². The molecule has 2 aromatic rings. The monoisotopic (exact) mass is 282 g/mol. The van der Waals surface area contributed by atoms with Crippen LogP contribution in [0.4, 0.5) is 10.1 Å². The maximum absolute atomic E-state index is 14.2. The van der Waals surface area contributed by atoms with Gasteiger partial charge in [0.1, 0.15) is 5.82 Å². The molecular weight excluding hydrogens is 263 g/mol. The van der Waals surface area contributed by atoms with Gasteiger partial charge in [-0.25, -0.2) is 4.39 Å². The highest BCUT2D eigenvalue weighted by Crippen LogP contribution is 2.31. The van der Waals surface area contributed by atoms with Crippen molar-refractivity contribution in [1.82, 2.24) is 0 Å². The van der Waals surface area contributed by atoms with Gasteiger partial charge in [0, 0.05) is 23.4 Å². The summed E-state index contributed by atoms with van der Waals surface area (Å²) in [5.74, 6) is 0.187. The van der Waals surface area contributed by atoms with E-state index in [-0.39, 0.29) is 5.82 Å². The van der Waals surface area contributed by atoms with Crippen molar-refractivity contribution >= 4 is 11.4 Å². The summed E-state index contributed by atoms with van der Waals surface area (Å²) in [6.45, 7) is 5.76. The van der Waals surface area contributed by atoms with Crippen molar-refractivity contribution in [2.24, 2.45) is 4.99 Å². The number of para-hydroxylation sites is 1. The van der Waals surface area contributed by atoms with Gasteiger partial charge in [0.25, 0.3) is 0 Å². The Morgan fingerprint density at radius 1 is 1.05 bits per heavy atom. The van der Waals surface area contributed by atoms with Gasteiger partial charge in [0.05, 0.1) is 12.3 Å². The molecule has 108 valence electrons. The van der Waals surface area contributed by atoms with E-state index in [1.54, 1.807) is 12.1 Å². The number of benzene rings is 2. The molecule has 2 aromatic carbocycles. The van der Waals surface area contributed by atoms with Crippen LogP contribution in [-0.4, -0.2) is 18.8 Å². The smallest absolute Gasteiger partial charge is 0.132 e. The van der Waals surface area contributed by atoms with Gasteiger partial charge in [-0.2, -0.15) is 0 Å². The third-order valence-corrected chi connectivity index (χ3v) is 3.79. The van der Waals surface area contributed by atoms with Gasteiger partial charge in [0.2, 0.25) is 0 Å². The van der Waals surface area contributed by atoms with Crippen molar-refractivity contribution in [3.8, 4) is 0 Å². The Balaban J connectivity index is 2.20. The number of hydrogen-bond donors (Lipinski definition) is 1. The number of aliphatic imine (C=N–C) groups is 1. The molecule has 0 radical (unpaired) electrons. The van der Waals surface area contributed by atoms with Gasteiger partial charge in [-0.05, 0) is 23.6 Å². The van der Waals surface area contributed by atoms with Crippen LogP contribution in [0.15, 0.2) is 47.5 Å². The second-order valence-corrected chi connectivity index (χ2v) is 5.56. The lowest BCUT2D eigenvalue weighted by Crippen LogP contribution is -2.10. The van der Waals surface area contributed by atoms with Gasteiger partial charge in [-0.1, -0.05) is 44.2 Å². The molecule has 0 spiro atoms. The van der Waals surface area contributed by atoms with E-state index in [1.165, 1.54) is 11.6 Å². The van der Waals surface area contributed by atoms with Gasteiger partial charge >= 0.3 is 0 Å². The molecule has 2 nitrogen and oxygen atoms in total. The second kappa shape index (κ2) is 5.68. The molecule has 0 amide bonds. The van der Waals surface area contributed by atoms with E-state index in [2.05, 4.69) is 30.2 Å². The molecule has 1 aliphatic rings. The third kappa shape index (κ3) is 2.56. The van der Waals surface area contributed by atoms with Crippen LogP contribution in [0.1, 0.15) is 36.5 Å². The van der Waals surface area contributed by atoms with E-state index in [0.717, 1.165) is 23.5 Å². The van der Waals surface area contributed by atoms with Crippen LogP contribution in [0.5, 0.6) is 0 Å². The Bertz CT molecular complexity index is 689. The summed E-state index contributed by atoms with van der Waals surface area (Å²) < 4.78 is 14.2. The molecule has 0 saturated carbocycles. The molecule has 0 atom stereocenters. The van der Waals surface area contributed by atoms with Crippen molar-refractivity contribution < 1.29 is 4.39 Å². The predicted octanol–water partition coefficient (Wildman–Crippen LogP) is 4.21. The molecule has 0 unspecified atom stereocenters. The number of anilines is 1. The normalized spacial score (nSPS) is 14.2. The minimum atomic E-state index is -0.223. The second-order valence-electron chi connectivity index (χ2n) is 5.56. The Morgan fingerprint density at radius 3 is 2.57 bits per heavy atom. The number of hydrogen-bond acceptors (Lipinski definition) is 2. The lowest BCUT2D eigenvalue weighted by Gasteiger charge is -2.17. The highest BCUT2D eigenvalue weighted by atomic mass is 19.1. The Hall–Kier alpha value is -2.16. The summed E-state index contributed by atoms with van der Waals surface area (Å²) in [6.07, 6.45) is 0. The Labute approximate surface area is 124 Å².